The molecule has 8 aromatic rings. The molecule has 0 saturated carbocycles. The van der Waals surface area contributed by atoms with Crippen LogP contribution in [0.15, 0.2) is 279 Å². The summed E-state index contributed by atoms with van der Waals surface area (Å²) in [5.41, 5.74) is 13.0. The molecule has 109 heavy (non-hydrogen) atoms. The van der Waals surface area contributed by atoms with Crippen molar-refractivity contribution in [2.75, 3.05) is 111 Å². The summed E-state index contributed by atoms with van der Waals surface area (Å²) in [4.78, 5) is 47.3. The second kappa shape index (κ2) is 55.8. The van der Waals surface area contributed by atoms with E-state index in [0.29, 0.717) is 119 Å². The lowest BCUT2D eigenvalue weighted by atomic mass is 10.1. The van der Waals surface area contributed by atoms with Crippen LogP contribution >= 0.6 is 15.9 Å². The third-order valence-corrected chi connectivity index (χ3v) is 14.1. The smallest absolute Gasteiger partial charge is 0.333 e. The summed E-state index contributed by atoms with van der Waals surface area (Å²) in [6.45, 7) is 28.5. The van der Waals surface area contributed by atoms with Crippen molar-refractivity contribution in [3.63, 3.8) is 0 Å². The Morgan fingerprint density at radius 2 is 0.798 bits per heavy atom. The molecular weight excluding hydrogens is 1450 g/mol. The van der Waals surface area contributed by atoms with Crippen molar-refractivity contribution in [1.29, 1.82) is 15.8 Å². The monoisotopic (exact) mass is 1540 g/mol. The zero-order valence-electron chi connectivity index (χ0n) is 62.2. The number of alkyl halides is 1. The second-order valence-corrected chi connectivity index (χ2v) is 23.6. The van der Waals surface area contributed by atoms with Crippen LogP contribution in [0.25, 0.3) is 0 Å². The standard InChI is InChI=1S/C28H28N6O3.C15H10N4.C14H19NO3.C12H15NO2.C8H11NO.C4H6O2.C2H5BrO/c1-20(2)28(36)37-17-15-34(14-16-35)26-11-8-24(9-12-26)31-33-27-13-10-25(18-21(27)3)32-30-23-6-4-22(19-29)5-7-23;1-11-8-15(7-4-13(11)10-17)19-18-14-5-2-12(9-16)3-6-14;1-12(2)14(17)18-11-9-15(8-10-16)13-6-4-3-5-7-13;1-10(2)12(14)15-9-8-13-11-6-4-3-5-7-11;10-7-6-9-8-4-2-1-3-5-8;1-3(2)4(5)6;3-1-2-4/h4-13,18,35H,1,14-17H2,2-3H3;2-8H,1H3;3-7,16H,1,8-11H2,2H3;3-7,13H,1,8-9H2,2H3;1-5,9-10H,6-7H2;1H2,2H3,(H,5,6);4H,1-2H2/p+1. The summed E-state index contributed by atoms with van der Waals surface area (Å²) in [7, 11) is 0. The number of azo groups is 3. The quantitative estimate of drug-likeness (QED) is 0.00463. The first kappa shape index (κ1) is 92.5. The lowest BCUT2D eigenvalue weighted by Crippen LogP contribution is -2.31. The van der Waals surface area contributed by atoms with Crippen molar-refractivity contribution in [2.24, 2.45) is 30.7 Å². The van der Waals surface area contributed by atoms with Crippen molar-refractivity contribution in [1.82, 2.24) is 0 Å². The molecule has 0 aliphatic rings. The Labute approximate surface area is 646 Å². The third-order valence-electron chi connectivity index (χ3n) is 13.8. The minimum Gasteiger partial charge on any atom is -0.478 e. The molecule has 8 rings (SSSR count). The normalized spacial score (nSPS) is 9.94. The van der Waals surface area contributed by atoms with E-state index in [4.69, 9.17) is 50.4 Å². The van der Waals surface area contributed by atoms with E-state index in [2.05, 4.69) is 95.7 Å². The average Bonchev–Trinajstić information content (AvgIpc) is 0.861. The van der Waals surface area contributed by atoms with E-state index in [-0.39, 0.29) is 50.5 Å². The molecule has 0 bridgehead atoms. The van der Waals surface area contributed by atoms with Gasteiger partial charge in [-0.25, -0.2) is 19.2 Å². The number of carbonyl (C=O) groups excluding carboxylic acids is 3. The van der Waals surface area contributed by atoms with Crippen LogP contribution in [-0.2, 0) is 33.4 Å². The van der Waals surface area contributed by atoms with E-state index in [1.165, 1.54) is 6.92 Å². The number of anilines is 4. The number of hydrogen-bond acceptors (Lipinski definition) is 23. The van der Waals surface area contributed by atoms with Gasteiger partial charge in [-0.2, -0.15) is 46.5 Å². The zero-order chi connectivity index (χ0) is 80.6. The van der Waals surface area contributed by atoms with Crippen LogP contribution in [0.1, 0.15) is 55.5 Å². The van der Waals surface area contributed by atoms with Gasteiger partial charge in [0.2, 0.25) is 0 Å². The van der Waals surface area contributed by atoms with E-state index in [0.717, 1.165) is 40.4 Å². The number of aliphatic hydroxyl groups is 3. The average molecular weight is 1550 g/mol. The van der Waals surface area contributed by atoms with Crippen LogP contribution in [0.5, 0.6) is 0 Å². The van der Waals surface area contributed by atoms with Crippen molar-refractivity contribution < 1.29 is 58.9 Å². The fraction of sp³-hybridized carbons (Fsp3) is 0.241. The number of carbonyl (C=O) groups is 4. The first-order valence-corrected chi connectivity index (χ1v) is 35.1. The number of halogens is 1. The number of aryl methyl sites for hydroxylation is 2. The van der Waals surface area contributed by atoms with Crippen LogP contribution in [0.4, 0.5) is 56.9 Å². The summed E-state index contributed by atoms with van der Waals surface area (Å²) in [5.74, 6) is -2.09. The number of benzene rings is 8. The molecule has 0 atom stereocenters. The van der Waals surface area contributed by atoms with Crippen molar-refractivity contribution >= 4 is 96.7 Å². The Bertz CT molecular complexity index is 4300. The number of nitriles is 3. The number of esters is 3. The van der Waals surface area contributed by atoms with Gasteiger partial charge < -0.3 is 60.2 Å². The van der Waals surface area contributed by atoms with Crippen molar-refractivity contribution in [3.05, 3.63) is 277 Å². The highest BCUT2D eigenvalue weighted by atomic mass is 79.9. The molecule has 570 valence electrons. The number of ether oxygens (including phenoxy) is 3. The van der Waals surface area contributed by atoms with Crippen molar-refractivity contribution in [2.45, 2.75) is 41.5 Å². The molecule has 0 unspecified atom stereocenters. The SMILES string of the molecule is C=C(C)C(=O)O.C=C(C)C(=O)OCCN(CCO)c1ccc(N=Nc2ccc(N=Nc3ccc(C#N)cc3)cc2C)cc1.C=C(C)C(=O)OCCN(CCO)c1ccccc1.C=C(C)C(=O)OCCNc1ccccc1.Cc1cc(N=Nc2ccc(C#N)cc2)ccc1C#N.OCCBr.[OH2+]CCNc1ccccc1. The Morgan fingerprint density at radius 1 is 0.450 bits per heavy atom. The molecule has 0 aliphatic carbocycles. The maximum absolute atomic E-state index is 11.6. The van der Waals surface area contributed by atoms with E-state index in [1.807, 2.05) is 169 Å². The van der Waals surface area contributed by atoms with Gasteiger partial charge >= 0.3 is 23.9 Å². The van der Waals surface area contributed by atoms with E-state index < -0.39 is 11.9 Å². The highest BCUT2D eigenvalue weighted by Gasteiger charge is 2.11. The summed E-state index contributed by atoms with van der Waals surface area (Å²) in [6, 6.07) is 67.6. The second-order valence-electron chi connectivity index (χ2n) is 22.9. The molecule has 0 fully saturated rings. The van der Waals surface area contributed by atoms with Crippen LogP contribution in [0, 0.1) is 47.8 Å². The Kier molecular flexibility index (Phi) is 47.4. The number of rotatable bonds is 30. The number of aliphatic hydroxyl groups excluding tert-OH is 3. The summed E-state index contributed by atoms with van der Waals surface area (Å²) < 4.78 is 15.1. The van der Waals surface area contributed by atoms with Crippen molar-refractivity contribution in [3.8, 4) is 18.2 Å². The molecule has 26 heteroatoms. The Morgan fingerprint density at radius 3 is 1.16 bits per heavy atom. The van der Waals surface area contributed by atoms with E-state index >= 15 is 0 Å². The summed E-state index contributed by atoms with van der Waals surface area (Å²) in [5, 5.41) is 99.7. The molecule has 8 aromatic carbocycles. The zero-order valence-corrected chi connectivity index (χ0v) is 63.8. The van der Waals surface area contributed by atoms with Gasteiger partial charge in [0.1, 0.15) is 19.8 Å². The number of carboxylic acid groups (broad SMARTS) is 1. The number of hydrogen-bond donors (Lipinski definition) is 6. The largest absolute Gasteiger partial charge is 0.478 e. The molecule has 0 saturated heterocycles. The van der Waals surface area contributed by atoms with Crippen LogP contribution in [0.2, 0.25) is 0 Å². The van der Waals surface area contributed by atoms with Crippen LogP contribution in [-0.4, -0.2) is 140 Å². The molecule has 0 heterocycles. The van der Waals surface area contributed by atoms with Gasteiger partial charge in [0.25, 0.3) is 0 Å². The molecule has 0 aliphatic heterocycles. The van der Waals surface area contributed by atoms with Crippen LogP contribution in [0.3, 0.4) is 0 Å². The first-order chi connectivity index (χ1) is 52.4. The Hall–Kier alpha value is -12.6. The van der Waals surface area contributed by atoms with Gasteiger partial charge in [0, 0.05) is 70.0 Å². The fourth-order valence-electron chi connectivity index (χ4n) is 8.07. The molecule has 0 aromatic heterocycles. The third kappa shape index (κ3) is 41.0. The topological polar surface area (TPSA) is 376 Å². The maximum atomic E-state index is 11.6. The summed E-state index contributed by atoms with van der Waals surface area (Å²) in [6.07, 6.45) is 0. The summed E-state index contributed by atoms with van der Waals surface area (Å²) >= 11 is 3.00. The highest BCUT2D eigenvalue weighted by Crippen LogP contribution is 2.29. The number of nitrogens with one attached hydrogen (secondary N) is 2. The number of aliphatic carboxylic acids is 1. The van der Waals surface area contributed by atoms with Crippen LogP contribution < -0.4 is 20.4 Å². The van der Waals surface area contributed by atoms with Gasteiger partial charge in [-0.3, -0.25) is 0 Å². The lowest BCUT2D eigenvalue weighted by Gasteiger charge is -2.23. The predicted octanol–water partition coefficient (Wildman–Crippen LogP) is 16.4. The van der Waals surface area contributed by atoms with E-state index in [1.54, 1.807) is 81.4 Å². The van der Waals surface area contributed by atoms with Gasteiger partial charge in [-0.1, -0.05) is 96.8 Å². The van der Waals surface area contributed by atoms with Gasteiger partial charge in [0.15, 0.2) is 6.61 Å². The molecule has 8 N–H and O–H groups in total. The molecular formula is C83H95BrN13O12+. The molecule has 25 nitrogen and oxygen atoms in total. The first-order valence-electron chi connectivity index (χ1n) is 34.0. The Balaban J connectivity index is 0.000000476. The predicted molar refractivity (Wildman–Crippen MR) is 432 cm³/mol. The lowest BCUT2D eigenvalue weighted by molar-refractivity contribution is -0.139. The number of nitrogens with zero attached hydrogens (tertiary/aromatic N) is 11. The number of para-hydroxylation sites is 3. The van der Waals surface area contributed by atoms with E-state index in [9.17, 15) is 24.3 Å². The maximum Gasteiger partial charge on any atom is 0.333 e. The highest BCUT2D eigenvalue weighted by molar-refractivity contribution is 9.09. The molecule has 0 radical (unpaired) electrons. The van der Waals surface area contributed by atoms with Gasteiger partial charge in [-0.05, 0) is 198 Å². The van der Waals surface area contributed by atoms with Gasteiger partial charge in [0.05, 0.1) is 108 Å². The molecule has 0 amide bonds. The minimum absolute atomic E-state index is 0.0296. The molecule has 0 spiro atoms. The van der Waals surface area contributed by atoms with Gasteiger partial charge in [-0.15, -0.1) is 0 Å². The minimum atomic E-state index is -0.935. The fourth-order valence-corrected chi connectivity index (χ4v) is 8.07. The number of carboxylic acids is 1.